The fourth-order valence-electron chi connectivity index (χ4n) is 2.32. The number of phenolic OH excluding ortho intramolecular Hbond substituents is 1. The monoisotopic (exact) mass is 249 g/mol. The Morgan fingerprint density at radius 1 is 1.22 bits per heavy atom. The van der Waals surface area contributed by atoms with Crippen LogP contribution in [0.5, 0.6) is 5.75 Å². The van der Waals surface area contributed by atoms with Crippen molar-refractivity contribution in [2.45, 2.75) is 65.5 Å². The van der Waals surface area contributed by atoms with Gasteiger partial charge in [0.15, 0.2) is 0 Å². The Labute approximate surface area is 111 Å². The summed E-state index contributed by atoms with van der Waals surface area (Å²) >= 11 is 0. The van der Waals surface area contributed by atoms with Crippen LogP contribution in [0.1, 0.15) is 63.6 Å². The summed E-state index contributed by atoms with van der Waals surface area (Å²) in [6.45, 7) is 8.55. The van der Waals surface area contributed by atoms with Gasteiger partial charge in [0, 0.05) is 17.6 Å². The van der Waals surface area contributed by atoms with Crippen LogP contribution in [-0.4, -0.2) is 11.1 Å². The maximum atomic E-state index is 9.95. The quantitative estimate of drug-likeness (QED) is 0.705. The fraction of sp³-hybridized carbons (Fsp3) is 0.625. The Morgan fingerprint density at radius 3 is 2.56 bits per heavy atom. The van der Waals surface area contributed by atoms with Crippen molar-refractivity contribution in [2.75, 3.05) is 0 Å². The Hall–Kier alpha value is -1.02. The minimum atomic E-state index is 0.197. The van der Waals surface area contributed by atoms with Crippen molar-refractivity contribution in [2.24, 2.45) is 0 Å². The molecule has 0 radical (unpaired) electrons. The zero-order valence-electron chi connectivity index (χ0n) is 12.2. The first-order valence-corrected chi connectivity index (χ1v) is 7.10. The van der Waals surface area contributed by atoms with Gasteiger partial charge in [0.25, 0.3) is 0 Å². The van der Waals surface area contributed by atoms with Crippen molar-refractivity contribution in [3.05, 3.63) is 29.3 Å². The van der Waals surface area contributed by atoms with Crippen LogP contribution in [0.4, 0.5) is 0 Å². The second-order valence-electron chi connectivity index (χ2n) is 5.35. The molecule has 0 aliphatic heterocycles. The summed E-state index contributed by atoms with van der Waals surface area (Å²) in [6.07, 6.45) is 5.04. The number of unbranched alkanes of at least 4 members (excludes halogenated alkanes) is 2. The van der Waals surface area contributed by atoms with E-state index in [0.29, 0.717) is 11.8 Å². The van der Waals surface area contributed by atoms with E-state index in [9.17, 15) is 5.11 Å². The molecule has 0 saturated carbocycles. The number of nitrogens with one attached hydrogen (secondary N) is 1. The topological polar surface area (TPSA) is 32.3 Å². The first-order valence-electron chi connectivity index (χ1n) is 7.10. The highest BCUT2D eigenvalue weighted by atomic mass is 16.3. The van der Waals surface area contributed by atoms with Crippen LogP contribution in [0, 0.1) is 6.92 Å². The van der Waals surface area contributed by atoms with E-state index < -0.39 is 0 Å². The highest BCUT2D eigenvalue weighted by molar-refractivity contribution is 5.37. The van der Waals surface area contributed by atoms with Crippen LogP contribution >= 0.6 is 0 Å². The molecule has 0 aliphatic rings. The number of hydrogen-bond donors (Lipinski definition) is 2. The molecule has 2 unspecified atom stereocenters. The second kappa shape index (κ2) is 7.42. The second-order valence-corrected chi connectivity index (χ2v) is 5.35. The van der Waals surface area contributed by atoms with Crippen LogP contribution in [0.3, 0.4) is 0 Å². The van der Waals surface area contributed by atoms with Gasteiger partial charge in [0.05, 0.1) is 0 Å². The van der Waals surface area contributed by atoms with Crippen LogP contribution in [-0.2, 0) is 0 Å². The van der Waals surface area contributed by atoms with E-state index in [1.54, 1.807) is 0 Å². The number of aryl methyl sites for hydroxylation is 1. The van der Waals surface area contributed by atoms with Gasteiger partial charge in [-0.05, 0) is 38.8 Å². The molecular formula is C16H27NO. The first-order chi connectivity index (χ1) is 8.54. The van der Waals surface area contributed by atoms with E-state index in [1.165, 1.54) is 25.7 Å². The van der Waals surface area contributed by atoms with Crippen molar-refractivity contribution in [3.63, 3.8) is 0 Å². The van der Waals surface area contributed by atoms with Gasteiger partial charge >= 0.3 is 0 Å². The van der Waals surface area contributed by atoms with Gasteiger partial charge < -0.3 is 10.4 Å². The molecule has 0 bridgehead atoms. The molecule has 2 N–H and O–H groups in total. The lowest BCUT2D eigenvalue weighted by Crippen LogP contribution is -2.28. The molecule has 0 spiro atoms. The molecule has 0 saturated heterocycles. The SMILES string of the molecule is CCCCCC(C)NC(C)c1ccc(C)cc1O. The van der Waals surface area contributed by atoms with Gasteiger partial charge in [-0.15, -0.1) is 0 Å². The smallest absolute Gasteiger partial charge is 0.120 e. The van der Waals surface area contributed by atoms with Crippen molar-refractivity contribution in [1.29, 1.82) is 0 Å². The first kappa shape index (κ1) is 15.0. The zero-order chi connectivity index (χ0) is 13.5. The van der Waals surface area contributed by atoms with Crippen molar-refractivity contribution in [3.8, 4) is 5.75 Å². The molecule has 1 rings (SSSR count). The standard InChI is InChI=1S/C16H27NO/c1-5-6-7-8-13(3)17-14(4)15-10-9-12(2)11-16(15)18/h9-11,13-14,17-18H,5-8H2,1-4H3. The van der Waals surface area contributed by atoms with E-state index in [0.717, 1.165) is 11.1 Å². The molecule has 2 atom stereocenters. The van der Waals surface area contributed by atoms with Gasteiger partial charge in [0.1, 0.15) is 5.75 Å². The summed E-state index contributed by atoms with van der Waals surface area (Å²) in [5.74, 6) is 0.399. The molecule has 0 fully saturated rings. The molecular weight excluding hydrogens is 222 g/mol. The number of aromatic hydroxyl groups is 1. The fourth-order valence-corrected chi connectivity index (χ4v) is 2.32. The van der Waals surface area contributed by atoms with Crippen LogP contribution in [0.15, 0.2) is 18.2 Å². The van der Waals surface area contributed by atoms with E-state index in [2.05, 4.69) is 32.2 Å². The molecule has 0 aromatic heterocycles. The molecule has 2 nitrogen and oxygen atoms in total. The zero-order valence-corrected chi connectivity index (χ0v) is 12.2. The number of hydrogen-bond acceptors (Lipinski definition) is 2. The summed E-state index contributed by atoms with van der Waals surface area (Å²) in [6, 6.07) is 6.58. The van der Waals surface area contributed by atoms with Gasteiger partial charge in [-0.2, -0.15) is 0 Å². The van der Waals surface area contributed by atoms with Crippen molar-refractivity contribution < 1.29 is 5.11 Å². The average Bonchev–Trinajstić information content (AvgIpc) is 2.28. The summed E-state index contributed by atoms with van der Waals surface area (Å²) in [5, 5.41) is 13.5. The predicted molar refractivity (Wildman–Crippen MR) is 78.0 cm³/mol. The Balaban J connectivity index is 2.51. The lowest BCUT2D eigenvalue weighted by atomic mass is 10.0. The number of rotatable bonds is 7. The third-order valence-electron chi connectivity index (χ3n) is 3.43. The lowest BCUT2D eigenvalue weighted by molar-refractivity contribution is 0.417. The third kappa shape index (κ3) is 4.69. The normalized spacial score (nSPS) is 14.4. The third-order valence-corrected chi connectivity index (χ3v) is 3.43. The highest BCUT2D eigenvalue weighted by Gasteiger charge is 2.12. The maximum Gasteiger partial charge on any atom is 0.120 e. The Kier molecular flexibility index (Phi) is 6.20. The molecule has 2 heteroatoms. The maximum absolute atomic E-state index is 9.95. The average molecular weight is 249 g/mol. The van der Waals surface area contributed by atoms with Crippen LogP contribution in [0.2, 0.25) is 0 Å². The summed E-state index contributed by atoms with van der Waals surface area (Å²) in [5.41, 5.74) is 2.09. The number of benzene rings is 1. The Morgan fingerprint density at radius 2 is 1.94 bits per heavy atom. The van der Waals surface area contributed by atoms with E-state index >= 15 is 0 Å². The van der Waals surface area contributed by atoms with Crippen molar-refractivity contribution in [1.82, 2.24) is 5.32 Å². The lowest BCUT2D eigenvalue weighted by Gasteiger charge is -2.21. The molecule has 0 heterocycles. The molecule has 1 aromatic carbocycles. The van der Waals surface area contributed by atoms with Crippen LogP contribution < -0.4 is 5.32 Å². The van der Waals surface area contributed by atoms with Crippen molar-refractivity contribution >= 4 is 0 Å². The molecule has 0 amide bonds. The molecule has 102 valence electrons. The van der Waals surface area contributed by atoms with Crippen LogP contribution in [0.25, 0.3) is 0 Å². The number of phenols is 1. The summed E-state index contributed by atoms with van der Waals surface area (Å²) in [4.78, 5) is 0. The van der Waals surface area contributed by atoms with E-state index in [4.69, 9.17) is 0 Å². The largest absolute Gasteiger partial charge is 0.508 e. The van der Waals surface area contributed by atoms with Gasteiger partial charge in [-0.3, -0.25) is 0 Å². The molecule has 18 heavy (non-hydrogen) atoms. The van der Waals surface area contributed by atoms with E-state index in [-0.39, 0.29) is 6.04 Å². The molecule has 1 aromatic rings. The van der Waals surface area contributed by atoms with Gasteiger partial charge in [-0.1, -0.05) is 38.3 Å². The van der Waals surface area contributed by atoms with Gasteiger partial charge in [0.2, 0.25) is 0 Å². The minimum Gasteiger partial charge on any atom is -0.508 e. The Bertz CT molecular complexity index is 362. The van der Waals surface area contributed by atoms with Gasteiger partial charge in [-0.25, -0.2) is 0 Å². The molecule has 0 aliphatic carbocycles. The highest BCUT2D eigenvalue weighted by Crippen LogP contribution is 2.25. The minimum absolute atomic E-state index is 0.197. The predicted octanol–water partition coefficient (Wildman–Crippen LogP) is 4.32. The summed E-state index contributed by atoms with van der Waals surface area (Å²) in [7, 11) is 0. The summed E-state index contributed by atoms with van der Waals surface area (Å²) < 4.78 is 0. The van der Waals surface area contributed by atoms with E-state index in [1.807, 2.05) is 19.1 Å².